The van der Waals surface area contributed by atoms with Crippen LogP contribution in [0.2, 0.25) is 0 Å². The highest BCUT2D eigenvalue weighted by atomic mass is 16.4. The highest BCUT2D eigenvalue weighted by Crippen LogP contribution is 2.32. The lowest BCUT2D eigenvalue weighted by molar-refractivity contribution is 0.297. The minimum Gasteiger partial charge on any atom is -0.508 e. The molecule has 0 bridgehead atoms. The molecule has 0 fully saturated rings. The molecule has 0 saturated heterocycles. The van der Waals surface area contributed by atoms with Crippen molar-refractivity contribution in [3.8, 4) is 11.5 Å². The SMILES string of the molecule is Cc1c(CCO)c(=O)oc2cc(O)cc(O)c12. The molecule has 0 aliphatic rings. The van der Waals surface area contributed by atoms with Crippen molar-refractivity contribution in [2.45, 2.75) is 13.3 Å². The third-order valence-corrected chi connectivity index (χ3v) is 2.70. The summed E-state index contributed by atoms with van der Waals surface area (Å²) in [5.41, 5.74) is 0.463. The monoisotopic (exact) mass is 236 g/mol. The van der Waals surface area contributed by atoms with E-state index in [2.05, 4.69) is 0 Å². The molecule has 0 unspecified atom stereocenters. The van der Waals surface area contributed by atoms with Crippen molar-refractivity contribution in [3.63, 3.8) is 0 Å². The molecule has 5 nitrogen and oxygen atoms in total. The van der Waals surface area contributed by atoms with Crippen molar-refractivity contribution in [1.82, 2.24) is 0 Å². The Balaban J connectivity index is 2.87. The summed E-state index contributed by atoms with van der Waals surface area (Å²) in [4.78, 5) is 11.6. The van der Waals surface area contributed by atoms with E-state index in [4.69, 9.17) is 9.52 Å². The minimum atomic E-state index is -0.561. The number of rotatable bonds is 2. The van der Waals surface area contributed by atoms with Gasteiger partial charge in [0.15, 0.2) is 0 Å². The Hall–Kier alpha value is -2.01. The van der Waals surface area contributed by atoms with Crippen molar-refractivity contribution < 1.29 is 19.7 Å². The van der Waals surface area contributed by atoms with E-state index in [1.54, 1.807) is 6.92 Å². The van der Waals surface area contributed by atoms with Crippen LogP contribution in [0.1, 0.15) is 11.1 Å². The van der Waals surface area contributed by atoms with Gasteiger partial charge in [-0.25, -0.2) is 4.79 Å². The van der Waals surface area contributed by atoms with Crippen LogP contribution in [0.3, 0.4) is 0 Å². The van der Waals surface area contributed by atoms with Crippen molar-refractivity contribution in [2.75, 3.05) is 6.61 Å². The Labute approximate surface area is 96.6 Å². The zero-order valence-electron chi connectivity index (χ0n) is 9.23. The Morgan fingerprint density at radius 3 is 2.65 bits per heavy atom. The maximum Gasteiger partial charge on any atom is 0.339 e. The van der Waals surface area contributed by atoms with Crippen LogP contribution in [0.15, 0.2) is 21.3 Å². The molecule has 3 N–H and O–H groups in total. The van der Waals surface area contributed by atoms with Crippen LogP contribution in [0.5, 0.6) is 11.5 Å². The Kier molecular flexibility index (Phi) is 2.77. The van der Waals surface area contributed by atoms with E-state index >= 15 is 0 Å². The highest BCUT2D eigenvalue weighted by molar-refractivity contribution is 5.88. The molecule has 17 heavy (non-hydrogen) atoms. The molecule has 5 heteroatoms. The van der Waals surface area contributed by atoms with Crippen molar-refractivity contribution >= 4 is 11.0 Å². The van der Waals surface area contributed by atoms with Crippen LogP contribution in [0.4, 0.5) is 0 Å². The van der Waals surface area contributed by atoms with Gasteiger partial charge in [0, 0.05) is 30.7 Å². The molecule has 1 aromatic heterocycles. The summed E-state index contributed by atoms with van der Waals surface area (Å²) >= 11 is 0. The highest BCUT2D eigenvalue weighted by Gasteiger charge is 2.14. The van der Waals surface area contributed by atoms with Gasteiger partial charge in [-0.05, 0) is 12.5 Å². The van der Waals surface area contributed by atoms with Gasteiger partial charge in [-0.1, -0.05) is 0 Å². The number of phenolic OH excluding ortho intramolecular Hbond substituents is 2. The number of phenols is 2. The third-order valence-electron chi connectivity index (χ3n) is 2.70. The fourth-order valence-electron chi connectivity index (χ4n) is 1.91. The first kappa shape index (κ1) is 11.5. The summed E-state index contributed by atoms with van der Waals surface area (Å²) < 4.78 is 5.00. The van der Waals surface area contributed by atoms with Gasteiger partial charge in [0.2, 0.25) is 0 Å². The minimum absolute atomic E-state index is 0.131. The Morgan fingerprint density at radius 2 is 2.00 bits per heavy atom. The Bertz CT molecular complexity index is 627. The van der Waals surface area contributed by atoms with Gasteiger partial charge in [0.25, 0.3) is 0 Å². The van der Waals surface area contributed by atoms with Crippen molar-refractivity contribution in [2.24, 2.45) is 0 Å². The molecule has 2 rings (SSSR count). The fourth-order valence-corrected chi connectivity index (χ4v) is 1.91. The van der Waals surface area contributed by atoms with Gasteiger partial charge >= 0.3 is 5.63 Å². The first-order valence-electron chi connectivity index (χ1n) is 5.13. The topological polar surface area (TPSA) is 90.9 Å². The zero-order chi connectivity index (χ0) is 12.6. The van der Waals surface area contributed by atoms with E-state index in [1.165, 1.54) is 12.1 Å². The largest absolute Gasteiger partial charge is 0.508 e. The number of aryl methyl sites for hydroxylation is 1. The summed E-state index contributed by atoms with van der Waals surface area (Å²) in [6, 6.07) is 2.45. The van der Waals surface area contributed by atoms with Gasteiger partial charge in [0.05, 0.1) is 5.39 Å². The van der Waals surface area contributed by atoms with E-state index in [0.29, 0.717) is 16.5 Å². The zero-order valence-corrected chi connectivity index (χ0v) is 9.23. The predicted molar refractivity (Wildman–Crippen MR) is 61.3 cm³/mol. The van der Waals surface area contributed by atoms with Crippen molar-refractivity contribution in [1.29, 1.82) is 0 Å². The van der Waals surface area contributed by atoms with Gasteiger partial charge in [0.1, 0.15) is 17.1 Å². The van der Waals surface area contributed by atoms with E-state index in [9.17, 15) is 15.0 Å². The van der Waals surface area contributed by atoms with Gasteiger partial charge in [-0.15, -0.1) is 0 Å². The summed E-state index contributed by atoms with van der Waals surface area (Å²) in [5, 5.41) is 28.3. The molecular weight excluding hydrogens is 224 g/mol. The molecular formula is C12H12O5. The molecule has 0 saturated carbocycles. The fraction of sp³-hybridized carbons (Fsp3) is 0.250. The maximum atomic E-state index is 11.6. The lowest BCUT2D eigenvalue weighted by atomic mass is 10.0. The molecule has 0 radical (unpaired) electrons. The number of benzene rings is 1. The number of hydrogen-bond donors (Lipinski definition) is 3. The van der Waals surface area contributed by atoms with E-state index < -0.39 is 5.63 Å². The number of hydrogen-bond acceptors (Lipinski definition) is 5. The lowest BCUT2D eigenvalue weighted by Crippen LogP contribution is -2.11. The summed E-state index contributed by atoms with van der Waals surface area (Å²) in [6.07, 6.45) is 0.171. The first-order chi connectivity index (χ1) is 8.04. The third kappa shape index (κ3) is 1.85. The second-order valence-electron chi connectivity index (χ2n) is 3.80. The molecule has 1 aromatic carbocycles. The van der Waals surface area contributed by atoms with Crippen molar-refractivity contribution in [3.05, 3.63) is 33.7 Å². The normalized spacial score (nSPS) is 10.9. The molecule has 0 atom stereocenters. The average molecular weight is 236 g/mol. The van der Waals surface area contributed by atoms with Crippen LogP contribution >= 0.6 is 0 Å². The summed E-state index contributed by atoms with van der Waals surface area (Å²) in [7, 11) is 0. The summed E-state index contributed by atoms with van der Waals surface area (Å²) in [6.45, 7) is 1.50. The second-order valence-corrected chi connectivity index (χ2v) is 3.80. The van der Waals surface area contributed by atoms with Gasteiger partial charge in [-0.2, -0.15) is 0 Å². The van der Waals surface area contributed by atoms with E-state index in [1.807, 2.05) is 0 Å². The second kappa shape index (κ2) is 4.10. The van der Waals surface area contributed by atoms with Crippen LogP contribution in [-0.2, 0) is 6.42 Å². The molecule has 90 valence electrons. The standard InChI is InChI=1S/C12H12O5/c1-6-8(2-3-13)12(16)17-10-5-7(14)4-9(15)11(6)10/h4-5,13-15H,2-3H2,1H3. The number of aromatic hydroxyl groups is 2. The molecule has 0 amide bonds. The number of aliphatic hydroxyl groups is 1. The number of fused-ring (bicyclic) bond motifs is 1. The van der Waals surface area contributed by atoms with Crippen LogP contribution in [0, 0.1) is 6.92 Å². The van der Waals surface area contributed by atoms with Crippen LogP contribution in [-0.4, -0.2) is 21.9 Å². The van der Waals surface area contributed by atoms with E-state index in [-0.39, 0.29) is 30.1 Å². The maximum absolute atomic E-state index is 11.6. The van der Waals surface area contributed by atoms with Crippen LogP contribution in [0.25, 0.3) is 11.0 Å². The average Bonchev–Trinajstić information content (AvgIpc) is 2.22. The van der Waals surface area contributed by atoms with Gasteiger partial charge < -0.3 is 19.7 Å². The van der Waals surface area contributed by atoms with Gasteiger partial charge in [-0.3, -0.25) is 0 Å². The van der Waals surface area contributed by atoms with E-state index in [0.717, 1.165) is 0 Å². The van der Waals surface area contributed by atoms with Crippen LogP contribution < -0.4 is 5.63 Å². The Morgan fingerprint density at radius 1 is 1.29 bits per heavy atom. The number of aliphatic hydroxyl groups excluding tert-OH is 1. The molecule has 0 aliphatic carbocycles. The first-order valence-corrected chi connectivity index (χ1v) is 5.13. The molecule has 2 aromatic rings. The summed E-state index contributed by atoms with van der Waals surface area (Å²) in [5.74, 6) is -0.326. The molecule has 0 spiro atoms. The quantitative estimate of drug-likeness (QED) is 0.678. The lowest BCUT2D eigenvalue weighted by Gasteiger charge is -2.08. The molecule has 0 aliphatic heterocycles. The smallest absolute Gasteiger partial charge is 0.339 e. The molecule has 1 heterocycles. The predicted octanol–water partition coefficient (Wildman–Crippen LogP) is 1.05.